The van der Waals surface area contributed by atoms with Crippen molar-refractivity contribution in [3.63, 3.8) is 0 Å². The first-order valence-corrected chi connectivity index (χ1v) is 10.5. The van der Waals surface area contributed by atoms with Crippen LogP contribution in [0.2, 0.25) is 0 Å². The topological polar surface area (TPSA) is 174 Å². The van der Waals surface area contributed by atoms with Crippen LogP contribution in [0.15, 0.2) is 58.4 Å². The smallest absolute Gasteiger partial charge is 0.267 e. The van der Waals surface area contributed by atoms with Gasteiger partial charge in [-0.15, -0.1) is 0 Å². The molecule has 172 valence electrons. The maximum atomic E-state index is 13.9. The van der Waals surface area contributed by atoms with Gasteiger partial charge in [-0.25, -0.2) is 24.5 Å². The van der Waals surface area contributed by atoms with E-state index in [0.717, 1.165) is 0 Å². The van der Waals surface area contributed by atoms with Gasteiger partial charge in [-0.3, -0.25) is 4.79 Å². The molecule has 0 bridgehead atoms. The maximum absolute atomic E-state index is 13.9. The van der Waals surface area contributed by atoms with Crippen molar-refractivity contribution < 1.29 is 4.52 Å². The number of benzene rings is 1. The maximum Gasteiger partial charge on any atom is 0.267 e. The summed E-state index contributed by atoms with van der Waals surface area (Å²) in [5.41, 5.74) is 7.34. The third-order valence-corrected chi connectivity index (χ3v) is 5.34. The Morgan fingerprint density at radius 2 is 1.94 bits per heavy atom. The van der Waals surface area contributed by atoms with Crippen LogP contribution in [0.25, 0.3) is 27.8 Å². The number of hydrogen-bond acceptors (Lipinski definition) is 11. The molecule has 3 N–H and O–H groups in total. The molecule has 12 nitrogen and oxygen atoms in total. The Kier molecular flexibility index (Phi) is 5.34. The second-order valence-electron chi connectivity index (χ2n) is 7.66. The Balaban J connectivity index is 1.72. The summed E-state index contributed by atoms with van der Waals surface area (Å²) < 4.78 is 6.37. The fourth-order valence-corrected chi connectivity index (χ4v) is 3.71. The van der Waals surface area contributed by atoms with E-state index in [-0.39, 0.29) is 28.7 Å². The molecule has 0 aliphatic heterocycles. The van der Waals surface area contributed by atoms with Crippen molar-refractivity contribution in [1.82, 2.24) is 34.6 Å². The van der Waals surface area contributed by atoms with Gasteiger partial charge in [-0.1, -0.05) is 17.3 Å². The van der Waals surface area contributed by atoms with Gasteiger partial charge in [0.1, 0.15) is 35.4 Å². The average Bonchev–Trinajstić information content (AvgIpc) is 3.38. The third kappa shape index (κ3) is 3.91. The summed E-state index contributed by atoms with van der Waals surface area (Å²) in [5.74, 6) is 1.43. The third-order valence-electron chi connectivity index (χ3n) is 5.34. The molecule has 12 heteroatoms. The number of nitrogen functional groups attached to an aromatic ring is 1. The van der Waals surface area contributed by atoms with Crippen molar-refractivity contribution >= 4 is 22.7 Å². The molecule has 4 heterocycles. The predicted molar refractivity (Wildman–Crippen MR) is 126 cm³/mol. The first-order valence-electron chi connectivity index (χ1n) is 10.5. The fraction of sp³-hybridized carbons (Fsp3) is 0.130. The Hall–Kier alpha value is -5.18. The molecule has 0 saturated carbocycles. The molecule has 0 spiro atoms. The second kappa shape index (κ2) is 8.64. The van der Waals surface area contributed by atoms with Crippen LogP contribution in [0.3, 0.4) is 0 Å². The SMILES string of the molecule is Cc1ncc(-c2cccc3nc(C(C)Nc4nc(N)ncc4C#N)n(-c4ccon4)c(=O)c23)cn1. The molecule has 35 heavy (non-hydrogen) atoms. The number of nitrogens with zero attached hydrogens (tertiary/aromatic N) is 8. The highest BCUT2D eigenvalue weighted by atomic mass is 16.5. The number of anilines is 2. The van der Waals surface area contributed by atoms with E-state index in [1.165, 1.54) is 17.0 Å². The van der Waals surface area contributed by atoms with Gasteiger partial charge in [0.25, 0.3) is 5.56 Å². The zero-order chi connectivity index (χ0) is 24.5. The average molecular weight is 466 g/mol. The summed E-state index contributed by atoms with van der Waals surface area (Å²) in [6.45, 7) is 3.57. The highest BCUT2D eigenvalue weighted by Crippen LogP contribution is 2.27. The quantitative estimate of drug-likeness (QED) is 0.389. The number of rotatable bonds is 5. The van der Waals surface area contributed by atoms with Gasteiger partial charge in [0, 0.05) is 24.0 Å². The zero-order valence-electron chi connectivity index (χ0n) is 18.7. The highest BCUT2D eigenvalue weighted by Gasteiger charge is 2.22. The summed E-state index contributed by atoms with van der Waals surface area (Å²) in [6, 6.07) is 8.38. The molecule has 1 atom stereocenters. The van der Waals surface area contributed by atoms with E-state index >= 15 is 0 Å². The van der Waals surface area contributed by atoms with Gasteiger partial charge in [0.2, 0.25) is 5.95 Å². The molecule has 0 aliphatic rings. The van der Waals surface area contributed by atoms with E-state index in [2.05, 4.69) is 30.4 Å². The van der Waals surface area contributed by atoms with Gasteiger partial charge in [-0.2, -0.15) is 10.2 Å². The molecule has 0 amide bonds. The van der Waals surface area contributed by atoms with E-state index in [0.29, 0.717) is 33.7 Å². The first kappa shape index (κ1) is 21.7. The molecule has 1 unspecified atom stereocenters. The van der Waals surface area contributed by atoms with E-state index in [1.54, 1.807) is 38.4 Å². The molecule has 0 radical (unpaired) electrons. The van der Waals surface area contributed by atoms with Crippen LogP contribution in [-0.4, -0.2) is 34.6 Å². The van der Waals surface area contributed by atoms with E-state index in [9.17, 15) is 10.1 Å². The minimum absolute atomic E-state index is 0.00372. The molecular formula is C23H18N10O2. The largest absolute Gasteiger partial charge is 0.368 e. The molecule has 4 aromatic heterocycles. The number of fused-ring (bicyclic) bond motifs is 1. The van der Waals surface area contributed by atoms with Gasteiger partial charge >= 0.3 is 0 Å². The lowest BCUT2D eigenvalue weighted by molar-refractivity contribution is 0.415. The summed E-state index contributed by atoms with van der Waals surface area (Å²) in [7, 11) is 0. The molecule has 0 saturated heterocycles. The number of hydrogen-bond donors (Lipinski definition) is 2. The van der Waals surface area contributed by atoms with Crippen LogP contribution in [0.5, 0.6) is 0 Å². The van der Waals surface area contributed by atoms with Crippen molar-refractivity contribution in [1.29, 1.82) is 5.26 Å². The Morgan fingerprint density at radius 1 is 1.14 bits per heavy atom. The Morgan fingerprint density at radius 3 is 2.66 bits per heavy atom. The summed E-state index contributed by atoms with van der Waals surface area (Å²) >= 11 is 0. The van der Waals surface area contributed by atoms with Gasteiger partial charge in [-0.05, 0) is 25.5 Å². The monoisotopic (exact) mass is 466 g/mol. The highest BCUT2D eigenvalue weighted by molar-refractivity contribution is 5.93. The number of nitrogens with two attached hydrogens (primary N) is 1. The number of aromatic nitrogens is 7. The fourth-order valence-electron chi connectivity index (χ4n) is 3.71. The van der Waals surface area contributed by atoms with E-state index in [4.69, 9.17) is 15.2 Å². The lowest BCUT2D eigenvalue weighted by Gasteiger charge is -2.19. The molecule has 5 rings (SSSR count). The lowest BCUT2D eigenvalue weighted by atomic mass is 10.0. The number of nitrogens with one attached hydrogen (secondary N) is 1. The van der Waals surface area contributed by atoms with Gasteiger partial charge in [0.05, 0.1) is 23.1 Å². The zero-order valence-corrected chi connectivity index (χ0v) is 18.7. The predicted octanol–water partition coefficient (Wildman–Crippen LogP) is 2.56. The standard InChI is InChI=1S/C23H18N10O2/c1-12(29-20-14(8-24)9-28-23(25)31-20)21-30-17-5-3-4-16(15-10-26-13(2)27-11-15)19(17)22(34)33(21)18-6-7-35-32-18/h3-7,9-12H,1-2H3,(H3,25,28,29,31). The Bertz CT molecular complexity index is 1640. The van der Waals surface area contributed by atoms with E-state index < -0.39 is 6.04 Å². The van der Waals surface area contributed by atoms with Crippen molar-refractivity contribution in [2.75, 3.05) is 11.1 Å². The van der Waals surface area contributed by atoms with Crippen molar-refractivity contribution in [2.24, 2.45) is 0 Å². The second-order valence-corrected chi connectivity index (χ2v) is 7.66. The van der Waals surface area contributed by atoms with Crippen LogP contribution < -0.4 is 16.6 Å². The minimum atomic E-state index is -0.587. The lowest BCUT2D eigenvalue weighted by Crippen LogP contribution is -2.28. The van der Waals surface area contributed by atoms with Crippen molar-refractivity contribution in [3.8, 4) is 23.0 Å². The molecule has 5 aromatic rings. The van der Waals surface area contributed by atoms with Crippen LogP contribution in [0, 0.1) is 18.3 Å². The molecule has 0 fully saturated rings. The van der Waals surface area contributed by atoms with Crippen LogP contribution in [-0.2, 0) is 0 Å². The summed E-state index contributed by atoms with van der Waals surface area (Å²) in [6.07, 6.45) is 6.02. The van der Waals surface area contributed by atoms with Gasteiger partial charge < -0.3 is 15.6 Å². The van der Waals surface area contributed by atoms with Crippen LogP contribution in [0.4, 0.5) is 11.8 Å². The van der Waals surface area contributed by atoms with E-state index in [1.807, 2.05) is 18.2 Å². The summed E-state index contributed by atoms with van der Waals surface area (Å²) in [5, 5.41) is 16.9. The number of aryl methyl sites for hydroxylation is 1. The van der Waals surface area contributed by atoms with Crippen molar-refractivity contribution in [3.05, 3.63) is 76.7 Å². The van der Waals surface area contributed by atoms with Crippen molar-refractivity contribution in [2.45, 2.75) is 19.9 Å². The van der Waals surface area contributed by atoms with Crippen LogP contribution >= 0.6 is 0 Å². The Labute approximate surface area is 198 Å². The number of nitriles is 1. The van der Waals surface area contributed by atoms with Crippen LogP contribution in [0.1, 0.15) is 30.2 Å². The molecule has 1 aromatic carbocycles. The summed E-state index contributed by atoms with van der Waals surface area (Å²) in [4.78, 5) is 35.2. The molecular weight excluding hydrogens is 448 g/mol. The molecule has 0 aliphatic carbocycles. The normalized spacial score (nSPS) is 11.8. The first-order chi connectivity index (χ1) is 17.0. The minimum Gasteiger partial charge on any atom is -0.368 e. The van der Waals surface area contributed by atoms with Gasteiger partial charge in [0.15, 0.2) is 5.82 Å².